The Balaban J connectivity index is 1.59. The van der Waals surface area contributed by atoms with Crippen LogP contribution in [0.4, 0.5) is 15.8 Å². The summed E-state index contributed by atoms with van der Waals surface area (Å²) < 4.78 is 52.6. The Kier molecular flexibility index (Phi) is 9.20. The van der Waals surface area contributed by atoms with Gasteiger partial charge < -0.3 is 14.8 Å². The molecule has 0 bridgehead atoms. The van der Waals surface area contributed by atoms with Gasteiger partial charge in [0.15, 0.2) is 17.3 Å². The third kappa shape index (κ3) is 7.21. The number of methoxy groups -OCH3 is 2. The molecule has 0 unspecified atom stereocenters. The largest absolute Gasteiger partial charge is 0.493 e. The first-order valence-corrected chi connectivity index (χ1v) is 14.8. The van der Waals surface area contributed by atoms with Crippen molar-refractivity contribution in [2.45, 2.75) is 31.1 Å². The van der Waals surface area contributed by atoms with Crippen molar-refractivity contribution in [1.29, 1.82) is 0 Å². The van der Waals surface area contributed by atoms with Crippen LogP contribution in [-0.4, -0.2) is 40.9 Å². The van der Waals surface area contributed by atoms with E-state index in [0.29, 0.717) is 22.6 Å². The zero-order chi connectivity index (χ0) is 31.4. The van der Waals surface area contributed by atoms with Crippen LogP contribution in [0.1, 0.15) is 42.3 Å². The van der Waals surface area contributed by atoms with Crippen molar-refractivity contribution in [3.63, 3.8) is 0 Å². The molecule has 0 radical (unpaired) electrons. The molecular formula is C33H33FN2O6S. The highest BCUT2D eigenvalue weighted by atomic mass is 32.2. The van der Waals surface area contributed by atoms with Crippen LogP contribution >= 0.6 is 0 Å². The molecular weight excluding hydrogens is 571 g/mol. The van der Waals surface area contributed by atoms with Crippen molar-refractivity contribution in [2.24, 2.45) is 0 Å². The fraction of sp³-hybridized carbons (Fsp3) is 0.212. The molecule has 43 heavy (non-hydrogen) atoms. The molecule has 0 aliphatic rings. The maximum Gasteiger partial charge on any atom is 0.264 e. The van der Waals surface area contributed by atoms with Crippen LogP contribution in [-0.2, 0) is 20.2 Å². The van der Waals surface area contributed by atoms with Gasteiger partial charge in [-0.15, -0.1) is 0 Å². The molecule has 4 aromatic carbocycles. The monoisotopic (exact) mass is 604 g/mol. The highest BCUT2D eigenvalue weighted by molar-refractivity contribution is 7.92. The summed E-state index contributed by atoms with van der Waals surface area (Å²) in [7, 11) is -1.53. The molecule has 4 rings (SSSR count). The van der Waals surface area contributed by atoms with Crippen molar-refractivity contribution in [2.75, 3.05) is 30.4 Å². The second-order valence-corrected chi connectivity index (χ2v) is 12.7. The van der Waals surface area contributed by atoms with Crippen LogP contribution in [0.5, 0.6) is 11.5 Å². The number of ketones is 1. The van der Waals surface area contributed by atoms with Gasteiger partial charge in [-0.25, -0.2) is 12.8 Å². The summed E-state index contributed by atoms with van der Waals surface area (Å²) in [4.78, 5) is 26.2. The van der Waals surface area contributed by atoms with Gasteiger partial charge in [-0.05, 0) is 59.5 Å². The molecule has 0 aliphatic heterocycles. The minimum Gasteiger partial charge on any atom is -0.493 e. The van der Waals surface area contributed by atoms with E-state index in [0.717, 1.165) is 22.0 Å². The lowest BCUT2D eigenvalue weighted by Gasteiger charge is -2.24. The first kappa shape index (κ1) is 31.2. The van der Waals surface area contributed by atoms with E-state index in [9.17, 15) is 22.4 Å². The van der Waals surface area contributed by atoms with Crippen LogP contribution < -0.4 is 19.1 Å². The SMILES string of the molecule is COc1ccc(S(=O)(=O)N(CC(=O)Nc2cccc(C(=O)c3ccc(C(C)(C)C)cc3)c2)c2ccc(F)cc2)cc1OC. The van der Waals surface area contributed by atoms with Crippen LogP contribution in [0, 0.1) is 5.82 Å². The Hall–Kier alpha value is -4.70. The zero-order valence-corrected chi connectivity index (χ0v) is 25.4. The average Bonchev–Trinajstić information content (AvgIpc) is 2.99. The molecule has 1 amide bonds. The van der Waals surface area contributed by atoms with Gasteiger partial charge in [0.25, 0.3) is 10.0 Å². The minimum atomic E-state index is -4.32. The predicted octanol–water partition coefficient (Wildman–Crippen LogP) is 6.21. The lowest BCUT2D eigenvalue weighted by molar-refractivity contribution is -0.114. The molecule has 0 aromatic heterocycles. The van der Waals surface area contributed by atoms with E-state index in [2.05, 4.69) is 26.1 Å². The number of benzene rings is 4. The number of halogens is 1. The summed E-state index contributed by atoms with van der Waals surface area (Å²) in [6.07, 6.45) is 0. The maximum atomic E-state index is 13.8. The van der Waals surface area contributed by atoms with Crippen LogP contribution in [0.25, 0.3) is 0 Å². The van der Waals surface area contributed by atoms with Gasteiger partial charge in [-0.3, -0.25) is 13.9 Å². The van der Waals surface area contributed by atoms with Crippen molar-refractivity contribution in [3.05, 3.63) is 114 Å². The number of hydrogen-bond donors (Lipinski definition) is 1. The summed E-state index contributed by atoms with van der Waals surface area (Å²) in [6, 6.07) is 22.6. The van der Waals surface area contributed by atoms with Crippen molar-refractivity contribution in [3.8, 4) is 11.5 Å². The second-order valence-electron chi connectivity index (χ2n) is 10.8. The zero-order valence-electron chi connectivity index (χ0n) is 24.6. The first-order valence-electron chi connectivity index (χ1n) is 13.4. The van der Waals surface area contributed by atoms with Crippen LogP contribution in [0.15, 0.2) is 95.9 Å². The Morgan fingerprint density at radius 3 is 2.07 bits per heavy atom. The summed E-state index contributed by atoms with van der Waals surface area (Å²) >= 11 is 0. The number of amides is 1. The number of carbonyl (C=O) groups excluding carboxylic acids is 2. The Labute approximate surface area is 251 Å². The van der Waals surface area contributed by atoms with Crippen molar-refractivity contribution < 1.29 is 31.9 Å². The minimum absolute atomic E-state index is 0.0551. The molecule has 1 N–H and O–H groups in total. The van der Waals surface area contributed by atoms with E-state index in [1.54, 1.807) is 30.3 Å². The fourth-order valence-corrected chi connectivity index (χ4v) is 5.82. The third-order valence-corrected chi connectivity index (χ3v) is 8.54. The summed E-state index contributed by atoms with van der Waals surface area (Å²) in [5, 5.41) is 2.68. The third-order valence-electron chi connectivity index (χ3n) is 6.77. The molecule has 224 valence electrons. The molecule has 4 aromatic rings. The van der Waals surface area contributed by atoms with Gasteiger partial charge >= 0.3 is 0 Å². The van der Waals surface area contributed by atoms with Gasteiger partial charge in [0.2, 0.25) is 5.91 Å². The maximum absolute atomic E-state index is 13.8. The fourth-order valence-electron chi connectivity index (χ4n) is 4.38. The quantitative estimate of drug-likeness (QED) is 0.216. The van der Waals surface area contributed by atoms with Gasteiger partial charge in [-0.2, -0.15) is 0 Å². The number of anilines is 2. The van der Waals surface area contributed by atoms with E-state index in [1.807, 2.05) is 12.1 Å². The van der Waals surface area contributed by atoms with Crippen LogP contribution in [0.2, 0.25) is 0 Å². The lowest BCUT2D eigenvalue weighted by Crippen LogP contribution is -2.38. The summed E-state index contributed by atoms with van der Waals surface area (Å²) in [6.45, 7) is 5.64. The van der Waals surface area contributed by atoms with Gasteiger partial charge in [0, 0.05) is 22.9 Å². The summed E-state index contributed by atoms with van der Waals surface area (Å²) in [5.74, 6) is -0.951. The molecule has 0 aliphatic carbocycles. The molecule has 0 saturated carbocycles. The number of carbonyl (C=O) groups is 2. The van der Waals surface area contributed by atoms with E-state index < -0.39 is 28.3 Å². The Morgan fingerprint density at radius 1 is 0.814 bits per heavy atom. The first-order chi connectivity index (χ1) is 20.3. The standard InChI is InChI=1S/C33H33FN2O6S/c1-33(2,3)24-11-9-22(10-12-24)32(38)23-7-6-8-26(19-23)35-31(37)21-36(27-15-13-25(34)14-16-27)43(39,40)28-17-18-29(41-4)30(20-28)42-5/h6-20H,21H2,1-5H3,(H,35,37). The molecule has 0 fully saturated rings. The van der Waals surface area contributed by atoms with Gasteiger partial charge in [0.05, 0.1) is 24.8 Å². The number of hydrogen-bond acceptors (Lipinski definition) is 6. The Bertz CT molecular complexity index is 1730. The molecule has 8 nitrogen and oxygen atoms in total. The molecule has 0 heterocycles. The van der Waals surface area contributed by atoms with Gasteiger partial charge in [-0.1, -0.05) is 57.2 Å². The van der Waals surface area contributed by atoms with E-state index >= 15 is 0 Å². The van der Waals surface area contributed by atoms with Crippen LogP contribution in [0.3, 0.4) is 0 Å². The van der Waals surface area contributed by atoms with E-state index in [4.69, 9.17) is 9.47 Å². The number of nitrogens with one attached hydrogen (secondary N) is 1. The molecule has 0 spiro atoms. The second kappa shape index (κ2) is 12.7. The molecule has 10 heteroatoms. The predicted molar refractivity (Wildman–Crippen MR) is 164 cm³/mol. The lowest BCUT2D eigenvalue weighted by atomic mass is 9.86. The molecule has 0 saturated heterocycles. The normalized spacial score (nSPS) is 11.5. The molecule has 0 atom stereocenters. The van der Waals surface area contributed by atoms with Gasteiger partial charge in [0.1, 0.15) is 12.4 Å². The summed E-state index contributed by atoms with van der Waals surface area (Å²) in [5.41, 5.74) is 2.28. The van der Waals surface area contributed by atoms with E-state index in [1.165, 1.54) is 50.6 Å². The van der Waals surface area contributed by atoms with E-state index in [-0.39, 0.29) is 27.5 Å². The highest BCUT2D eigenvalue weighted by Crippen LogP contribution is 2.32. The number of rotatable bonds is 10. The highest BCUT2D eigenvalue weighted by Gasteiger charge is 2.28. The topological polar surface area (TPSA) is 102 Å². The number of ether oxygens (including phenoxy) is 2. The van der Waals surface area contributed by atoms with Crippen molar-refractivity contribution in [1.82, 2.24) is 0 Å². The van der Waals surface area contributed by atoms with Crippen molar-refractivity contribution >= 4 is 33.1 Å². The smallest absolute Gasteiger partial charge is 0.264 e. The average molecular weight is 605 g/mol. The Morgan fingerprint density at radius 2 is 1.47 bits per heavy atom. The number of sulfonamides is 1. The number of nitrogens with zero attached hydrogens (tertiary/aromatic N) is 1.